The van der Waals surface area contributed by atoms with Crippen molar-refractivity contribution in [2.45, 2.75) is 25.2 Å². The number of aromatic nitrogens is 1. The Kier molecular flexibility index (Phi) is 4.87. The van der Waals surface area contributed by atoms with Crippen molar-refractivity contribution in [1.29, 1.82) is 5.26 Å². The number of anilines is 1. The van der Waals surface area contributed by atoms with Gasteiger partial charge in [0.1, 0.15) is 18.2 Å². The lowest BCUT2D eigenvalue weighted by Gasteiger charge is -2.43. The van der Waals surface area contributed by atoms with Gasteiger partial charge in [-0.05, 0) is 12.1 Å². The lowest BCUT2D eigenvalue weighted by atomic mass is 10.1. The number of carbonyl (C=O) groups excluding carboxylic acids is 1. The number of alkyl halides is 2. The molecule has 1 aromatic heterocycles. The van der Waals surface area contributed by atoms with Crippen LogP contribution in [0.3, 0.4) is 0 Å². The van der Waals surface area contributed by atoms with Crippen molar-refractivity contribution in [3.63, 3.8) is 0 Å². The maximum atomic E-state index is 12.9. The van der Waals surface area contributed by atoms with E-state index in [0.29, 0.717) is 37.6 Å². The Labute approximate surface area is 138 Å². The third-order valence-electron chi connectivity index (χ3n) is 4.27. The van der Waals surface area contributed by atoms with Crippen LogP contribution in [-0.4, -0.2) is 60.7 Å². The van der Waals surface area contributed by atoms with Gasteiger partial charge in [0.05, 0.1) is 11.6 Å². The summed E-state index contributed by atoms with van der Waals surface area (Å²) in [7, 11) is 0. The first-order valence-electron chi connectivity index (χ1n) is 7.76. The number of rotatable bonds is 3. The molecule has 2 atom stereocenters. The molecule has 2 aliphatic rings. The maximum absolute atomic E-state index is 12.9. The van der Waals surface area contributed by atoms with Crippen molar-refractivity contribution in [3.05, 3.63) is 23.9 Å². The van der Waals surface area contributed by atoms with Crippen molar-refractivity contribution >= 4 is 11.7 Å². The Morgan fingerprint density at radius 3 is 2.75 bits per heavy atom. The Morgan fingerprint density at radius 2 is 2.08 bits per heavy atom. The minimum absolute atomic E-state index is 0.215. The van der Waals surface area contributed by atoms with Crippen LogP contribution in [0.5, 0.6) is 0 Å². The molecule has 0 bridgehead atoms. The van der Waals surface area contributed by atoms with Crippen molar-refractivity contribution < 1.29 is 13.6 Å². The van der Waals surface area contributed by atoms with Gasteiger partial charge in [-0.1, -0.05) is 0 Å². The van der Waals surface area contributed by atoms with Crippen molar-refractivity contribution in [3.8, 4) is 6.07 Å². The summed E-state index contributed by atoms with van der Waals surface area (Å²) in [5, 5.41) is 14.7. The molecule has 9 heteroatoms. The quantitative estimate of drug-likeness (QED) is 0.815. The van der Waals surface area contributed by atoms with Gasteiger partial charge in [0, 0.05) is 38.8 Å². The molecule has 1 aromatic rings. The number of carbonyl (C=O) groups is 1. The Morgan fingerprint density at radius 1 is 1.33 bits per heavy atom. The molecular formula is C15H18F2N6O. The summed E-state index contributed by atoms with van der Waals surface area (Å²) in [6, 6.07) is 4.42. The van der Waals surface area contributed by atoms with Gasteiger partial charge in [-0.25, -0.2) is 13.8 Å². The van der Waals surface area contributed by atoms with E-state index in [1.807, 2.05) is 9.80 Å². The predicted octanol–water partition coefficient (Wildman–Crippen LogP) is 0.102. The minimum Gasteiger partial charge on any atom is -0.353 e. The van der Waals surface area contributed by atoms with E-state index in [-0.39, 0.29) is 12.3 Å². The van der Waals surface area contributed by atoms with E-state index in [9.17, 15) is 13.6 Å². The van der Waals surface area contributed by atoms with Gasteiger partial charge < -0.3 is 10.2 Å². The molecule has 1 amide bonds. The first-order chi connectivity index (χ1) is 11.6. The van der Waals surface area contributed by atoms with E-state index in [2.05, 4.69) is 21.7 Å². The molecule has 7 nitrogen and oxygen atoms in total. The molecule has 0 saturated carbocycles. The van der Waals surface area contributed by atoms with E-state index in [4.69, 9.17) is 5.26 Å². The summed E-state index contributed by atoms with van der Waals surface area (Å²) in [4.78, 5) is 19.8. The third-order valence-corrected chi connectivity index (χ3v) is 4.27. The molecule has 24 heavy (non-hydrogen) atoms. The van der Waals surface area contributed by atoms with E-state index in [0.717, 1.165) is 0 Å². The van der Waals surface area contributed by atoms with Crippen LogP contribution in [0.15, 0.2) is 18.3 Å². The Balaban J connectivity index is 1.63. The second-order valence-electron chi connectivity index (χ2n) is 5.79. The van der Waals surface area contributed by atoms with Crippen LogP contribution in [0.1, 0.15) is 12.0 Å². The molecule has 0 radical (unpaired) electrons. The second kappa shape index (κ2) is 7.07. The van der Waals surface area contributed by atoms with Gasteiger partial charge in [0.25, 0.3) is 6.43 Å². The van der Waals surface area contributed by atoms with Crippen LogP contribution in [0.4, 0.5) is 14.6 Å². The fraction of sp³-hybridized carbons (Fsp3) is 0.533. The monoisotopic (exact) mass is 336 g/mol. The predicted molar refractivity (Wildman–Crippen MR) is 82.2 cm³/mol. The number of hydrogen-bond donors (Lipinski definition) is 2. The number of nitriles is 1. The third kappa shape index (κ3) is 3.44. The van der Waals surface area contributed by atoms with E-state index >= 15 is 0 Å². The smallest absolute Gasteiger partial charge is 0.254 e. The fourth-order valence-corrected chi connectivity index (χ4v) is 3.00. The Bertz CT molecular complexity index is 641. The van der Waals surface area contributed by atoms with Gasteiger partial charge in [0.15, 0.2) is 0 Å². The summed E-state index contributed by atoms with van der Waals surface area (Å²) >= 11 is 0. The molecular weight excluding hydrogens is 318 g/mol. The number of pyridine rings is 1. The van der Waals surface area contributed by atoms with E-state index in [1.54, 1.807) is 18.3 Å². The molecule has 2 aliphatic heterocycles. The zero-order chi connectivity index (χ0) is 17.1. The van der Waals surface area contributed by atoms with E-state index in [1.165, 1.54) is 0 Å². The second-order valence-corrected chi connectivity index (χ2v) is 5.79. The standard InChI is InChI=1S/C15H18F2N6O/c16-13(17)11-8-12(24)21-15(20-11)23-6-4-22(5-7-23)14-10(9-18)2-1-3-19-14/h1-3,11,13,15,20H,4-8H2,(H,21,24). The number of nitrogens with one attached hydrogen (secondary N) is 2. The number of hydrogen-bond acceptors (Lipinski definition) is 6. The highest BCUT2D eigenvalue weighted by Crippen LogP contribution is 2.19. The molecule has 2 fully saturated rings. The highest BCUT2D eigenvalue weighted by atomic mass is 19.3. The zero-order valence-corrected chi connectivity index (χ0v) is 13.0. The topological polar surface area (TPSA) is 84.3 Å². The normalized spacial score (nSPS) is 25.4. The fourth-order valence-electron chi connectivity index (χ4n) is 3.00. The molecule has 2 saturated heterocycles. The minimum atomic E-state index is -2.58. The molecule has 0 aromatic carbocycles. The molecule has 2 N–H and O–H groups in total. The number of amides is 1. The van der Waals surface area contributed by atoms with Gasteiger partial charge >= 0.3 is 0 Å². The summed E-state index contributed by atoms with van der Waals surface area (Å²) in [5.74, 6) is 0.258. The molecule has 2 unspecified atom stereocenters. The maximum Gasteiger partial charge on any atom is 0.254 e. The summed E-state index contributed by atoms with van der Waals surface area (Å²) in [6.45, 7) is 2.32. The van der Waals surface area contributed by atoms with Crippen LogP contribution in [-0.2, 0) is 4.79 Å². The highest BCUT2D eigenvalue weighted by Gasteiger charge is 2.35. The average molecular weight is 336 g/mol. The lowest BCUT2D eigenvalue weighted by molar-refractivity contribution is -0.129. The van der Waals surface area contributed by atoms with Gasteiger partial charge in [-0.3, -0.25) is 15.0 Å². The van der Waals surface area contributed by atoms with Crippen molar-refractivity contribution in [2.75, 3.05) is 31.1 Å². The molecule has 0 aliphatic carbocycles. The SMILES string of the molecule is N#Cc1cccnc1N1CCN(C2NC(=O)CC(C(F)F)N2)CC1. The van der Waals surface area contributed by atoms with Gasteiger partial charge in [0.2, 0.25) is 5.91 Å². The number of nitrogens with zero attached hydrogens (tertiary/aromatic N) is 4. The summed E-state index contributed by atoms with van der Waals surface area (Å²) in [5.41, 5.74) is 0.507. The van der Waals surface area contributed by atoms with Gasteiger partial charge in [-0.15, -0.1) is 0 Å². The average Bonchev–Trinajstić information content (AvgIpc) is 2.61. The van der Waals surface area contributed by atoms with Crippen molar-refractivity contribution in [1.82, 2.24) is 20.5 Å². The molecule has 3 heterocycles. The van der Waals surface area contributed by atoms with Crippen molar-refractivity contribution in [2.24, 2.45) is 0 Å². The Hall–Kier alpha value is -2.31. The first-order valence-corrected chi connectivity index (χ1v) is 7.76. The van der Waals surface area contributed by atoms with Crippen LogP contribution in [0.25, 0.3) is 0 Å². The highest BCUT2D eigenvalue weighted by molar-refractivity contribution is 5.77. The summed E-state index contributed by atoms with van der Waals surface area (Å²) < 4.78 is 25.8. The van der Waals surface area contributed by atoms with Gasteiger partial charge in [-0.2, -0.15) is 5.26 Å². The zero-order valence-electron chi connectivity index (χ0n) is 13.0. The molecule has 3 rings (SSSR count). The largest absolute Gasteiger partial charge is 0.353 e. The van der Waals surface area contributed by atoms with Crippen LogP contribution in [0.2, 0.25) is 0 Å². The van der Waals surface area contributed by atoms with Crippen LogP contribution in [0, 0.1) is 11.3 Å². The van der Waals surface area contributed by atoms with Crippen LogP contribution >= 0.6 is 0 Å². The number of halogens is 2. The molecule has 128 valence electrons. The van der Waals surface area contributed by atoms with E-state index < -0.39 is 18.8 Å². The summed E-state index contributed by atoms with van der Waals surface area (Å²) in [6.07, 6.45) is -1.75. The molecule has 0 spiro atoms. The number of piperazine rings is 1. The first kappa shape index (κ1) is 16.5. The lowest BCUT2D eigenvalue weighted by Crippen LogP contribution is -2.67. The van der Waals surface area contributed by atoms with Crippen LogP contribution < -0.4 is 15.5 Å².